The summed E-state index contributed by atoms with van der Waals surface area (Å²) in [6.45, 7) is -0.521. The highest BCUT2D eigenvalue weighted by Gasteiger charge is 2.36. The zero-order chi connectivity index (χ0) is 25.0. The number of hydrogen-bond acceptors (Lipinski definition) is 3. The van der Waals surface area contributed by atoms with Crippen LogP contribution >= 0.6 is 35.0 Å². The first-order chi connectivity index (χ1) is 15.2. The summed E-state index contributed by atoms with van der Waals surface area (Å²) in [5.41, 5.74) is -1.27. The average molecular weight is 530 g/mol. The van der Waals surface area contributed by atoms with E-state index >= 15 is 0 Å². The lowest BCUT2D eigenvalue weighted by Crippen LogP contribution is -2.43. The Kier molecular flexibility index (Phi) is 8.89. The fraction of sp³-hybridized carbons (Fsp3) is 0.238. The number of amides is 1. The fourth-order valence-corrected chi connectivity index (χ4v) is 3.97. The van der Waals surface area contributed by atoms with Gasteiger partial charge in [0.2, 0.25) is 5.91 Å². The summed E-state index contributed by atoms with van der Waals surface area (Å²) in [6.07, 6.45) is -4.44. The van der Waals surface area contributed by atoms with E-state index in [-0.39, 0.29) is 21.2 Å². The Hall–Kier alpha value is -2.17. The summed E-state index contributed by atoms with van der Waals surface area (Å²) in [7, 11) is 0. The zero-order valence-electron chi connectivity index (χ0n) is 16.7. The molecule has 0 radical (unpaired) electrons. The van der Waals surface area contributed by atoms with E-state index in [2.05, 4.69) is 0 Å². The van der Waals surface area contributed by atoms with Crippen LogP contribution in [-0.2, 0) is 4.79 Å². The van der Waals surface area contributed by atoms with E-state index < -0.39 is 41.9 Å². The Labute approximate surface area is 199 Å². The topological polar surface area (TPSA) is 46.2 Å². The fourth-order valence-electron chi connectivity index (χ4n) is 2.63. The van der Waals surface area contributed by atoms with Crippen molar-refractivity contribution >= 4 is 52.2 Å². The molecule has 0 saturated carbocycles. The number of carbonyl (C=O) groups is 2. The van der Waals surface area contributed by atoms with Crippen LogP contribution < -0.4 is 5.32 Å². The van der Waals surface area contributed by atoms with E-state index in [4.69, 9.17) is 23.2 Å². The second-order valence-electron chi connectivity index (χ2n) is 6.73. The monoisotopic (exact) mass is 529 g/mol. The molecule has 1 amide bonds. The van der Waals surface area contributed by atoms with Gasteiger partial charge in [-0.1, -0.05) is 23.2 Å². The summed E-state index contributed by atoms with van der Waals surface area (Å²) in [5.74, 6) is -2.52. The number of alkyl halides is 6. The van der Waals surface area contributed by atoms with E-state index in [1.165, 1.54) is 36.5 Å². The maximum atomic E-state index is 13.6. The van der Waals surface area contributed by atoms with Gasteiger partial charge in [0, 0.05) is 20.5 Å². The maximum absolute atomic E-state index is 13.6. The van der Waals surface area contributed by atoms with Crippen LogP contribution in [0.5, 0.6) is 0 Å². The van der Waals surface area contributed by atoms with Crippen LogP contribution in [0.15, 0.2) is 47.4 Å². The number of allylic oxidation sites excluding steroid dienone is 2. The van der Waals surface area contributed by atoms with Crippen LogP contribution in [0.3, 0.4) is 0 Å². The van der Waals surface area contributed by atoms with Crippen LogP contribution in [0.2, 0.25) is 10.0 Å². The average Bonchev–Trinajstić information content (AvgIpc) is 2.68. The summed E-state index contributed by atoms with van der Waals surface area (Å²) < 4.78 is 78.6. The largest absolute Gasteiger partial charge is 0.417 e. The van der Waals surface area contributed by atoms with E-state index in [9.17, 15) is 35.9 Å². The molecule has 0 atom stereocenters. The number of halogens is 8. The van der Waals surface area contributed by atoms with Crippen molar-refractivity contribution in [3.05, 3.63) is 69.2 Å². The molecule has 1 N–H and O–H groups in total. The number of hydrogen-bond donors (Lipinski definition) is 1. The van der Waals surface area contributed by atoms with Crippen molar-refractivity contribution in [1.29, 1.82) is 0 Å². The van der Waals surface area contributed by atoms with Gasteiger partial charge in [-0.15, -0.1) is 11.8 Å². The molecular weight excluding hydrogens is 515 g/mol. The van der Waals surface area contributed by atoms with Crippen molar-refractivity contribution in [3.63, 3.8) is 0 Å². The SMILES string of the molecule is Cc1cc(C(=O)/C=C(\c2cc(Cl)cc(Cl)c2)C(F)(F)F)ccc1SCC(=O)NC(F)(F)CF. The third-order valence-electron chi connectivity index (χ3n) is 4.06. The van der Waals surface area contributed by atoms with Crippen molar-refractivity contribution in [1.82, 2.24) is 5.32 Å². The molecule has 0 aliphatic heterocycles. The van der Waals surface area contributed by atoms with Gasteiger partial charge >= 0.3 is 12.2 Å². The highest BCUT2D eigenvalue weighted by molar-refractivity contribution is 8.00. The Morgan fingerprint density at radius 1 is 1.00 bits per heavy atom. The molecule has 178 valence electrons. The number of benzene rings is 2. The minimum atomic E-state index is -4.87. The number of aryl methyl sites for hydroxylation is 1. The molecule has 0 unspecified atom stereocenters. The Bertz CT molecular complexity index is 1070. The molecule has 12 heteroatoms. The minimum Gasteiger partial charge on any atom is -0.294 e. The highest BCUT2D eigenvalue weighted by Crippen LogP contribution is 2.36. The van der Waals surface area contributed by atoms with Crippen LogP contribution in [0.4, 0.5) is 26.3 Å². The van der Waals surface area contributed by atoms with Gasteiger partial charge in [0.25, 0.3) is 0 Å². The molecule has 0 saturated heterocycles. The van der Waals surface area contributed by atoms with Gasteiger partial charge in [-0.3, -0.25) is 14.9 Å². The molecule has 0 heterocycles. The lowest BCUT2D eigenvalue weighted by Gasteiger charge is -2.14. The van der Waals surface area contributed by atoms with E-state index in [0.29, 0.717) is 16.5 Å². The summed E-state index contributed by atoms with van der Waals surface area (Å²) >= 11 is 12.4. The number of nitrogens with one attached hydrogen (secondary N) is 1. The third-order valence-corrected chi connectivity index (χ3v) is 5.67. The lowest BCUT2D eigenvalue weighted by molar-refractivity contribution is -0.131. The summed E-state index contributed by atoms with van der Waals surface area (Å²) in [5, 5.41) is 1.16. The summed E-state index contributed by atoms with van der Waals surface area (Å²) in [6, 6.07) is 3.24. The molecule has 0 aliphatic carbocycles. The molecule has 2 aromatic rings. The number of rotatable bonds is 8. The maximum Gasteiger partial charge on any atom is 0.417 e. The predicted molar refractivity (Wildman–Crippen MR) is 116 cm³/mol. The van der Waals surface area contributed by atoms with E-state index in [1.54, 1.807) is 0 Å². The van der Waals surface area contributed by atoms with Gasteiger partial charge in [0.05, 0.1) is 11.3 Å². The molecule has 0 bridgehead atoms. The molecular formula is C21H15Cl2F6NO2S. The number of carbonyl (C=O) groups excluding carboxylic acids is 2. The van der Waals surface area contributed by atoms with E-state index in [1.807, 2.05) is 0 Å². The van der Waals surface area contributed by atoms with Gasteiger partial charge in [-0.25, -0.2) is 4.39 Å². The molecule has 2 rings (SSSR count). The molecule has 3 nitrogen and oxygen atoms in total. The van der Waals surface area contributed by atoms with Gasteiger partial charge < -0.3 is 0 Å². The molecule has 0 spiro atoms. The zero-order valence-corrected chi connectivity index (χ0v) is 19.0. The lowest BCUT2D eigenvalue weighted by atomic mass is 10.0. The smallest absolute Gasteiger partial charge is 0.294 e. The molecule has 0 aliphatic rings. The Balaban J connectivity index is 2.24. The third kappa shape index (κ3) is 7.97. The van der Waals surface area contributed by atoms with Gasteiger partial charge in [-0.2, -0.15) is 22.0 Å². The predicted octanol–water partition coefficient (Wildman–Crippen LogP) is 6.90. The van der Waals surface area contributed by atoms with Crippen molar-refractivity contribution in [2.24, 2.45) is 0 Å². The van der Waals surface area contributed by atoms with E-state index in [0.717, 1.165) is 23.9 Å². The first-order valence-electron chi connectivity index (χ1n) is 9.00. The quantitative estimate of drug-likeness (QED) is 0.133. The van der Waals surface area contributed by atoms with Gasteiger partial charge in [-0.05, 0) is 60.5 Å². The van der Waals surface area contributed by atoms with Gasteiger partial charge in [0.1, 0.15) is 0 Å². The first-order valence-corrected chi connectivity index (χ1v) is 10.7. The second-order valence-corrected chi connectivity index (χ2v) is 8.62. The highest BCUT2D eigenvalue weighted by atomic mass is 35.5. The van der Waals surface area contributed by atoms with Crippen molar-refractivity contribution in [3.8, 4) is 0 Å². The standard InChI is InChI=1S/C21H15Cl2F6NO2S/c1-11-4-12(2-3-18(11)33-9-19(32)30-20(25,26)10-24)17(31)8-16(21(27,28)29)13-5-14(22)7-15(23)6-13/h2-8H,9-10H2,1H3,(H,30,32)/b16-8+. The molecule has 0 fully saturated rings. The van der Waals surface area contributed by atoms with Crippen molar-refractivity contribution in [2.75, 3.05) is 12.4 Å². The normalized spacial score (nSPS) is 12.6. The second kappa shape index (κ2) is 10.8. The van der Waals surface area contributed by atoms with Crippen LogP contribution in [0, 0.1) is 6.92 Å². The number of ketones is 1. The van der Waals surface area contributed by atoms with Crippen LogP contribution in [-0.4, -0.2) is 36.3 Å². The molecule has 33 heavy (non-hydrogen) atoms. The first kappa shape index (κ1) is 27.1. The van der Waals surface area contributed by atoms with Crippen LogP contribution in [0.25, 0.3) is 5.57 Å². The van der Waals surface area contributed by atoms with Crippen molar-refractivity contribution < 1.29 is 35.9 Å². The van der Waals surface area contributed by atoms with Gasteiger partial charge in [0.15, 0.2) is 12.5 Å². The summed E-state index contributed by atoms with van der Waals surface area (Å²) in [4.78, 5) is 24.5. The minimum absolute atomic E-state index is 0.0364. The van der Waals surface area contributed by atoms with Crippen LogP contribution in [0.1, 0.15) is 21.5 Å². The Morgan fingerprint density at radius 2 is 1.61 bits per heavy atom. The molecule has 2 aromatic carbocycles. The number of thioether (sulfide) groups is 1. The van der Waals surface area contributed by atoms with Crippen molar-refractivity contribution in [2.45, 2.75) is 24.0 Å². The Morgan fingerprint density at radius 3 is 2.12 bits per heavy atom. The molecule has 0 aromatic heterocycles.